The Hall–Kier alpha value is -1.55. The van der Waals surface area contributed by atoms with Gasteiger partial charge in [0.15, 0.2) is 0 Å². The van der Waals surface area contributed by atoms with Crippen LogP contribution in [0.5, 0.6) is 0 Å². The van der Waals surface area contributed by atoms with Gasteiger partial charge in [-0.25, -0.2) is 0 Å². The van der Waals surface area contributed by atoms with Crippen LogP contribution in [-0.4, -0.2) is 49.6 Å². The van der Waals surface area contributed by atoms with Crippen LogP contribution in [0.4, 0.5) is 5.69 Å². The predicted molar refractivity (Wildman–Crippen MR) is 134 cm³/mol. The van der Waals surface area contributed by atoms with Gasteiger partial charge in [-0.3, -0.25) is 9.69 Å². The minimum atomic E-state index is 0.223. The SMILES string of the molecule is CC(C)(C)C1CCC(c2ccccc2N2CCN(CC(=O)NC3CCCCC3)CC2)CC1. The van der Waals surface area contributed by atoms with Gasteiger partial charge in [-0.1, -0.05) is 58.2 Å². The summed E-state index contributed by atoms with van der Waals surface area (Å²) in [6.45, 7) is 11.8. The minimum Gasteiger partial charge on any atom is -0.369 e. The van der Waals surface area contributed by atoms with E-state index in [1.807, 2.05) is 0 Å². The van der Waals surface area contributed by atoms with Crippen molar-refractivity contribution in [3.8, 4) is 0 Å². The molecule has 0 bridgehead atoms. The third-order valence-electron chi connectivity index (χ3n) is 8.38. The van der Waals surface area contributed by atoms with Crippen LogP contribution < -0.4 is 10.2 Å². The summed E-state index contributed by atoms with van der Waals surface area (Å²) in [6.07, 6.45) is 11.5. The van der Waals surface area contributed by atoms with Crippen molar-refractivity contribution in [3.63, 3.8) is 0 Å². The van der Waals surface area contributed by atoms with Gasteiger partial charge >= 0.3 is 0 Å². The van der Waals surface area contributed by atoms with Crippen LogP contribution in [0.3, 0.4) is 0 Å². The van der Waals surface area contributed by atoms with Crippen molar-refractivity contribution in [2.24, 2.45) is 11.3 Å². The molecule has 0 atom stereocenters. The van der Waals surface area contributed by atoms with Crippen molar-refractivity contribution >= 4 is 11.6 Å². The molecule has 2 saturated carbocycles. The van der Waals surface area contributed by atoms with Crippen molar-refractivity contribution in [2.75, 3.05) is 37.6 Å². The minimum absolute atomic E-state index is 0.223. The van der Waals surface area contributed by atoms with E-state index in [9.17, 15) is 4.79 Å². The fourth-order valence-corrected chi connectivity index (χ4v) is 6.26. The van der Waals surface area contributed by atoms with E-state index in [1.165, 1.54) is 50.6 Å². The Morgan fingerprint density at radius 3 is 2.22 bits per heavy atom. The number of nitrogens with zero attached hydrogens (tertiary/aromatic N) is 2. The second-order valence-corrected chi connectivity index (χ2v) is 11.6. The maximum atomic E-state index is 12.5. The normalized spacial score (nSPS) is 26.2. The summed E-state index contributed by atoms with van der Waals surface area (Å²) in [6, 6.07) is 9.54. The molecular formula is C28H45N3O. The lowest BCUT2D eigenvalue weighted by Gasteiger charge is -2.40. The number of hydrogen-bond donors (Lipinski definition) is 1. The number of rotatable bonds is 5. The highest BCUT2D eigenvalue weighted by Crippen LogP contribution is 2.45. The fraction of sp³-hybridized carbons (Fsp3) is 0.750. The van der Waals surface area contributed by atoms with Crippen LogP contribution in [0.2, 0.25) is 0 Å². The molecule has 1 aromatic rings. The first-order chi connectivity index (χ1) is 15.4. The topological polar surface area (TPSA) is 35.6 Å². The number of anilines is 1. The number of carbonyl (C=O) groups is 1. The molecule has 4 nitrogen and oxygen atoms in total. The molecule has 0 unspecified atom stereocenters. The lowest BCUT2D eigenvalue weighted by Crippen LogP contribution is -2.51. The monoisotopic (exact) mass is 439 g/mol. The molecule has 178 valence electrons. The number of benzene rings is 1. The highest BCUT2D eigenvalue weighted by Gasteiger charge is 2.32. The van der Waals surface area contributed by atoms with Crippen LogP contribution in [0, 0.1) is 11.3 Å². The molecule has 1 amide bonds. The smallest absolute Gasteiger partial charge is 0.234 e. The standard InChI is InChI=1S/C28H45N3O/c1-28(2,3)23-15-13-22(14-16-23)25-11-7-8-12-26(25)31-19-17-30(18-20-31)21-27(32)29-24-9-5-4-6-10-24/h7-8,11-12,22-24H,4-6,9-10,13-21H2,1-3H3,(H,29,32). The van der Waals surface area contributed by atoms with Gasteiger partial charge < -0.3 is 10.2 Å². The third-order valence-corrected chi connectivity index (χ3v) is 8.38. The van der Waals surface area contributed by atoms with Gasteiger partial charge in [0.1, 0.15) is 0 Å². The summed E-state index contributed by atoms with van der Waals surface area (Å²) in [7, 11) is 0. The number of carbonyl (C=O) groups excluding carboxylic acids is 1. The average Bonchev–Trinajstić information content (AvgIpc) is 2.80. The van der Waals surface area contributed by atoms with E-state index in [1.54, 1.807) is 5.56 Å². The van der Waals surface area contributed by atoms with Crippen LogP contribution in [-0.2, 0) is 4.79 Å². The molecule has 0 radical (unpaired) electrons. The number of para-hydroxylation sites is 1. The molecule has 1 aliphatic heterocycles. The van der Waals surface area contributed by atoms with Gasteiger partial charge in [-0.2, -0.15) is 0 Å². The summed E-state index contributed by atoms with van der Waals surface area (Å²) >= 11 is 0. The summed E-state index contributed by atoms with van der Waals surface area (Å²) in [5, 5.41) is 3.28. The second kappa shape index (κ2) is 10.6. The molecule has 4 heteroatoms. The van der Waals surface area contributed by atoms with Crippen molar-refractivity contribution in [1.82, 2.24) is 10.2 Å². The Balaban J connectivity index is 1.29. The first kappa shape index (κ1) is 23.6. The molecule has 1 aromatic carbocycles. The summed E-state index contributed by atoms with van der Waals surface area (Å²) in [5.41, 5.74) is 3.44. The zero-order valence-corrected chi connectivity index (χ0v) is 20.7. The van der Waals surface area contributed by atoms with Crippen LogP contribution in [0.15, 0.2) is 24.3 Å². The quantitative estimate of drug-likeness (QED) is 0.651. The van der Waals surface area contributed by atoms with Gasteiger partial charge in [0.05, 0.1) is 6.54 Å². The number of hydrogen-bond acceptors (Lipinski definition) is 3. The Morgan fingerprint density at radius 1 is 0.906 bits per heavy atom. The van der Waals surface area contributed by atoms with Crippen molar-refractivity contribution in [3.05, 3.63) is 29.8 Å². The molecule has 2 aliphatic carbocycles. The van der Waals surface area contributed by atoms with Gasteiger partial charge in [-0.15, -0.1) is 0 Å². The Morgan fingerprint density at radius 2 is 1.56 bits per heavy atom. The van der Waals surface area contributed by atoms with Crippen molar-refractivity contribution in [2.45, 2.75) is 90.5 Å². The molecule has 0 spiro atoms. The maximum absolute atomic E-state index is 12.5. The maximum Gasteiger partial charge on any atom is 0.234 e. The molecule has 1 heterocycles. The summed E-state index contributed by atoms with van der Waals surface area (Å²) < 4.78 is 0. The first-order valence-electron chi connectivity index (χ1n) is 13.3. The average molecular weight is 440 g/mol. The first-order valence-corrected chi connectivity index (χ1v) is 13.3. The van der Waals surface area contributed by atoms with Crippen molar-refractivity contribution < 1.29 is 4.79 Å². The van der Waals surface area contributed by atoms with E-state index >= 15 is 0 Å². The van der Waals surface area contributed by atoms with Gasteiger partial charge in [-0.05, 0) is 67.4 Å². The third kappa shape index (κ3) is 6.07. The van der Waals surface area contributed by atoms with E-state index in [2.05, 4.69) is 60.2 Å². The highest BCUT2D eigenvalue weighted by molar-refractivity contribution is 5.78. The zero-order chi connectivity index (χ0) is 22.6. The Kier molecular flexibility index (Phi) is 7.81. The highest BCUT2D eigenvalue weighted by atomic mass is 16.2. The summed E-state index contributed by atoms with van der Waals surface area (Å²) in [5.74, 6) is 1.78. The fourth-order valence-electron chi connectivity index (χ4n) is 6.26. The van der Waals surface area contributed by atoms with E-state index in [4.69, 9.17) is 0 Å². The van der Waals surface area contributed by atoms with Gasteiger partial charge in [0.2, 0.25) is 5.91 Å². The van der Waals surface area contributed by atoms with E-state index < -0.39 is 0 Å². The number of nitrogens with one attached hydrogen (secondary N) is 1. The molecular weight excluding hydrogens is 394 g/mol. The van der Waals surface area contributed by atoms with Gasteiger partial charge in [0, 0.05) is 37.9 Å². The van der Waals surface area contributed by atoms with Crippen molar-refractivity contribution in [1.29, 1.82) is 0 Å². The molecule has 0 aromatic heterocycles. The second-order valence-electron chi connectivity index (χ2n) is 11.6. The molecule has 1 N–H and O–H groups in total. The molecule has 4 rings (SSSR count). The van der Waals surface area contributed by atoms with Crippen LogP contribution in [0.25, 0.3) is 0 Å². The van der Waals surface area contributed by atoms with Gasteiger partial charge in [0.25, 0.3) is 0 Å². The predicted octanol–water partition coefficient (Wildman–Crippen LogP) is 5.58. The lowest BCUT2D eigenvalue weighted by atomic mass is 9.68. The molecule has 3 fully saturated rings. The van der Waals surface area contributed by atoms with Crippen LogP contribution >= 0.6 is 0 Å². The lowest BCUT2D eigenvalue weighted by molar-refractivity contribution is -0.123. The van der Waals surface area contributed by atoms with E-state index in [0.29, 0.717) is 23.9 Å². The summed E-state index contributed by atoms with van der Waals surface area (Å²) in [4.78, 5) is 17.4. The Bertz CT molecular complexity index is 733. The van der Waals surface area contributed by atoms with Crippen LogP contribution in [0.1, 0.15) is 90.0 Å². The van der Waals surface area contributed by atoms with E-state index in [0.717, 1.165) is 44.9 Å². The van der Waals surface area contributed by atoms with E-state index in [-0.39, 0.29) is 5.91 Å². The molecule has 3 aliphatic rings. The zero-order valence-electron chi connectivity index (χ0n) is 20.7. The molecule has 1 saturated heterocycles. The number of amides is 1. The Labute approximate surface area is 196 Å². The largest absolute Gasteiger partial charge is 0.369 e. The molecule has 32 heavy (non-hydrogen) atoms. The number of piperazine rings is 1.